The fraction of sp³-hybridized carbons (Fsp3) is 0.348. The van der Waals surface area contributed by atoms with E-state index >= 15 is 0 Å². The number of benzene rings is 2. The van der Waals surface area contributed by atoms with Crippen molar-refractivity contribution in [3.8, 4) is 0 Å². The second-order valence-corrected chi connectivity index (χ2v) is 8.44. The Hall–Kier alpha value is -2.73. The van der Waals surface area contributed by atoms with Gasteiger partial charge in [0, 0.05) is 25.9 Å². The molecule has 0 bridgehead atoms. The molecule has 2 heterocycles. The summed E-state index contributed by atoms with van der Waals surface area (Å²) in [4.78, 5) is 31.9. The lowest BCUT2D eigenvalue weighted by Gasteiger charge is -2.34. The maximum absolute atomic E-state index is 13.0. The zero-order valence-corrected chi connectivity index (χ0v) is 17.2. The topological polar surface area (TPSA) is 62.3 Å². The summed E-state index contributed by atoms with van der Waals surface area (Å²) >= 11 is 1.71. The van der Waals surface area contributed by atoms with Crippen molar-refractivity contribution in [3.05, 3.63) is 65.2 Å². The highest BCUT2D eigenvalue weighted by Crippen LogP contribution is 2.26. The number of aromatic nitrogens is 1. The number of hydrogen-bond acceptors (Lipinski definition) is 4. The van der Waals surface area contributed by atoms with Gasteiger partial charge in [-0.25, -0.2) is 4.98 Å². The van der Waals surface area contributed by atoms with Gasteiger partial charge in [0.2, 0.25) is 11.8 Å². The Morgan fingerprint density at radius 2 is 1.90 bits per heavy atom. The minimum Gasteiger partial charge on any atom is -0.354 e. The van der Waals surface area contributed by atoms with E-state index < -0.39 is 6.04 Å². The van der Waals surface area contributed by atoms with Gasteiger partial charge in [-0.05, 0) is 37.0 Å². The van der Waals surface area contributed by atoms with E-state index in [9.17, 15) is 9.59 Å². The lowest BCUT2D eigenvalue weighted by atomic mass is 10.0. The number of likely N-dealkylation sites (tertiary alicyclic amines) is 1. The molecule has 0 aliphatic carbocycles. The molecule has 1 saturated heterocycles. The number of nitrogens with zero attached hydrogens (tertiary/aromatic N) is 2. The highest BCUT2D eigenvalue weighted by Gasteiger charge is 2.32. The number of carbonyl (C=O) groups excluding carboxylic acids is 2. The summed E-state index contributed by atoms with van der Waals surface area (Å²) in [5.74, 6) is -0.0366. The van der Waals surface area contributed by atoms with Crippen molar-refractivity contribution < 1.29 is 9.59 Å². The Morgan fingerprint density at radius 1 is 1.10 bits per heavy atom. The molecule has 3 aromatic rings. The average Bonchev–Trinajstić information content (AvgIpc) is 3.16. The molecule has 2 aromatic carbocycles. The quantitative estimate of drug-likeness (QED) is 0.600. The van der Waals surface area contributed by atoms with Crippen molar-refractivity contribution in [2.45, 2.75) is 38.1 Å². The highest BCUT2D eigenvalue weighted by molar-refractivity contribution is 7.18. The van der Waals surface area contributed by atoms with Crippen LogP contribution in [-0.4, -0.2) is 34.8 Å². The molecule has 1 N–H and O–H groups in total. The molecule has 1 fully saturated rings. The number of thiazole rings is 1. The standard InChI is InChI=1S/C23H25N3O2S/c27-21-14-6-7-16-26(21)22(17-9-2-1-3-10-17)23(28)24-15-8-13-20-25-18-11-4-5-12-19(18)29-20/h1-5,9-12,22H,6-8,13-16H2,(H,24,28). The number of amides is 2. The van der Waals surface area contributed by atoms with Gasteiger partial charge in [0.1, 0.15) is 6.04 Å². The molecule has 1 aliphatic rings. The Balaban J connectivity index is 1.38. The molecule has 150 valence electrons. The van der Waals surface area contributed by atoms with E-state index in [1.165, 1.54) is 4.70 Å². The van der Waals surface area contributed by atoms with Crippen LogP contribution >= 0.6 is 11.3 Å². The van der Waals surface area contributed by atoms with Crippen molar-refractivity contribution in [1.82, 2.24) is 15.2 Å². The molecule has 0 radical (unpaired) electrons. The molecule has 29 heavy (non-hydrogen) atoms. The van der Waals surface area contributed by atoms with E-state index in [-0.39, 0.29) is 11.8 Å². The number of hydrogen-bond donors (Lipinski definition) is 1. The van der Waals surface area contributed by atoms with E-state index in [1.807, 2.05) is 48.5 Å². The minimum atomic E-state index is -0.550. The summed E-state index contributed by atoms with van der Waals surface area (Å²) in [6.07, 6.45) is 4.02. The van der Waals surface area contributed by atoms with Gasteiger partial charge in [-0.3, -0.25) is 9.59 Å². The van der Waals surface area contributed by atoms with Crippen LogP contribution in [0.1, 0.15) is 42.3 Å². The Labute approximate surface area is 174 Å². The highest BCUT2D eigenvalue weighted by atomic mass is 32.1. The van der Waals surface area contributed by atoms with Gasteiger partial charge in [-0.15, -0.1) is 11.3 Å². The van der Waals surface area contributed by atoms with Gasteiger partial charge in [-0.2, -0.15) is 0 Å². The second kappa shape index (κ2) is 9.18. The monoisotopic (exact) mass is 407 g/mol. The van der Waals surface area contributed by atoms with Gasteiger partial charge >= 0.3 is 0 Å². The molecular weight excluding hydrogens is 382 g/mol. The largest absolute Gasteiger partial charge is 0.354 e. The fourth-order valence-electron chi connectivity index (χ4n) is 3.78. The number of piperidine rings is 1. The molecule has 1 aromatic heterocycles. The molecular formula is C23H25N3O2S. The zero-order valence-electron chi connectivity index (χ0n) is 16.3. The summed E-state index contributed by atoms with van der Waals surface area (Å²) < 4.78 is 1.19. The van der Waals surface area contributed by atoms with Crippen molar-refractivity contribution in [2.75, 3.05) is 13.1 Å². The molecule has 5 nitrogen and oxygen atoms in total. The predicted molar refractivity (Wildman–Crippen MR) is 116 cm³/mol. The summed E-state index contributed by atoms with van der Waals surface area (Å²) in [5.41, 5.74) is 1.90. The Kier molecular flexibility index (Phi) is 6.20. The van der Waals surface area contributed by atoms with Crippen molar-refractivity contribution in [2.24, 2.45) is 0 Å². The van der Waals surface area contributed by atoms with Crippen LogP contribution in [0.25, 0.3) is 10.2 Å². The Bertz CT molecular complexity index is 953. The summed E-state index contributed by atoms with van der Waals surface area (Å²) in [6.45, 7) is 1.21. The maximum Gasteiger partial charge on any atom is 0.247 e. The number of carbonyl (C=O) groups is 2. The molecule has 1 atom stereocenters. The molecule has 2 amide bonds. The van der Waals surface area contributed by atoms with E-state index in [0.717, 1.165) is 41.8 Å². The number of nitrogens with one attached hydrogen (secondary N) is 1. The third-order valence-electron chi connectivity index (χ3n) is 5.24. The van der Waals surface area contributed by atoms with Gasteiger partial charge in [0.25, 0.3) is 0 Å². The predicted octanol–water partition coefficient (Wildman–Crippen LogP) is 4.10. The summed E-state index contributed by atoms with van der Waals surface area (Å²) in [5, 5.41) is 4.14. The van der Waals surface area contributed by atoms with Crippen LogP contribution in [0, 0.1) is 0 Å². The third-order valence-corrected chi connectivity index (χ3v) is 6.34. The molecule has 0 saturated carbocycles. The first-order valence-electron chi connectivity index (χ1n) is 10.2. The molecule has 1 unspecified atom stereocenters. The minimum absolute atomic E-state index is 0.0646. The zero-order chi connectivity index (χ0) is 20.1. The summed E-state index contributed by atoms with van der Waals surface area (Å²) in [6, 6.07) is 17.2. The average molecular weight is 408 g/mol. The smallest absolute Gasteiger partial charge is 0.247 e. The van der Waals surface area contributed by atoms with Crippen LogP contribution in [-0.2, 0) is 16.0 Å². The van der Waals surface area contributed by atoms with E-state index in [1.54, 1.807) is 16.2 Å². The van der Waals surface area contributed by atoms with Gasteiger partial charge in [-0.1, -0.05) is 42.5 Å². The second-order valence-electron chi connectivity index (χ2n) is 7.33. The third kappa shape index (κ3) is 4.65. The molecule has 4 rings (SSSR count). The Morgan fingerprint density at radius 3 is 2.69 bits per heavy atom. The van der Waals surface area contributed by atoms with Crippen molar-refractivity contribution >= 4 is 33.4 Å². The number of aryl methyl sites for hydroxylation is 1. The van der Waals surface area contributed by atoms with E-state index in [2.05, 4.69) is 16.4 Å². The molecule has 0 spiro atoms. The van der Waals surface area contributed by atoms with Crippen LogP contribution < -0.4 is 5.32 Å². The normalized spacial score (nSPS) is 15.4. The first-order valence-corrected chi connectivity index (χ1v) is 11.0. The maximum atomic E-state index is 13.0. The fourth-order valence-corrected chi connectivity index (χ4v) is 4.79. The van der Waals surface area contributed by atoms with Gasteiger partial charge in [0.15, 0.2) is 0 Å². The van der Waals surface area contributed by atoms with E-state index in [0.29, 0.717) is 19.5 Å². The van der Waals surface area contributed by atoms with Crippen molar-refractivity contribution in [3.63, 3.8) is 0 Å². The van der Waals surface area contributed by atoms with Crippen LogP contribution in [0.3, 0.4) is 0 Å². The first kappa shape index (κ1) is 19.6. The first-order chi connectivity index (χ1) is 14.2. The SMILES string of the molecule is O=C(NCCCc1nc2ccccc2s1)C(c1ccccc1)N1CCCCC1=O. The van der Waals surface area contributed by atoms with Gasteiger partial charge < -0.3 is 10.2 Å². The van der Waals surface area contributed by atoms with Crippen LogP contribution in [0.4, 0.5) is 0 Å². The number of para-hydroxylation sites is 1. The van der Waals surface area contributed by atoms with Crippen LogP contribution in [0.5, 0.6) is 0 Å². The van der Waals surface area contributed by atoms with Gasteiger partial charge in [0.05, 0.1) is 15.2 Å². The lowest BCUT2D eigenvalue weighted by molar-refractivity contribution is -0.142. The van der Waals surface area contributed by atoms with E-state index in [4.69, 9.17) is 0 Å². The summed E-state index contributed by atoms with van der Waals surface area (Å²) in [7, 11) is 0. The lowest BCUT2D eigenvalue weighted by Crippen LogP contribution is -2.46. The molecule has 6 heteroatoms. The number of fused-ring (bicyclic) bond motifs is 1. The van der Waals surface area contributed by atoms with Crippen LogP contribution in [0.15, 0.2) is 54.6 Å². The van der Waals surface area contributed by atoms with Crippen molar-refractivity contribution in [1.29, 1.82) is 0 Å². The number of rotatable bonds is 7. The molecule has 1 aliphatic heterocycles. The van der Waals surface area contributed by atoms with Crippen LogP contribution in [0.2, 0.25) is 0 Å².